The molecule has 0 bridgehead atoms. The van der Waals surface area contributed by atoms with Gasteiger partial charge in [0, 0.05) is 25.7 Å². The fourth-order valence-electron chi connectivity index (χ4n) is 3.76. The normalized spacial score (nSPS) is 15.9. The van der Waals surface area contributed by atoms with E-state index in [1.54, 1.807) is 18.2 Å². The average molecular weight is 492 g/mol. The second-order valence-electron chi connectivity index (χ2n) is 7.78. The summed E-state index contributed by atoms with van der Waals surface area (Å²) >= 11 is 7.09. The zero-order valence-corrected chi connectivity index (χ0v) is 19.6. The molecule has 4 rings (SSSR count). The van der Waals surface area contributed by atoms with E-state index in [2.05, 4.69) is 4.98 Å². The number of hydrogen-bond donors (Lipinski definition) is 1. The number of thioether (sulfide) groups is 1. The molecule has 1 saturated heterocycles. The number of ketones is 1. The van der Waals surface area contributed by atoms with Crippen molar-refractivity contribution >= 4 is 45.9 Å². The molecule has 0 unspecified atom stereocenters. The number of nitrogen functional groups attached to an aromatic ring is 1. The molecule has 3 heterocycles. The van der Waals surface area contributed by atoms with Crippen molar-refractivity contribution < 1.29 is 9.53 Å². The van der Waals surface area contributed by atoms with E-state index in [-0.39, 0.29) is 28.8 Å². The van der Waals surface area contributed by atoms with Gasteiger partial charge in [-0.1, -0.05) is 23.4 Å². The monoisotopic (exact) mass is 491 g/mol. The number of aromatic nitrogens is 4. The summed E-state index contributed by atoms with van der Waals surface area (Å²) in [5, 5.41) is 1.14. The molecule has 0 spiro atoms. The van der Waals surface area contributed by atoms with Gasteiger partial charge in [-0.05, 0) is 31.0 Å². The van der Waals surface area contributed by atoms with Crippen LogP contribution in [0.2, 0.25) is 5.02 Å². The Morgan fingerprint density at radius 2 is 2.00 bits per heavy atom. The van der Waals surface area contributed by atoms with Crippen LogP contribution in [-0.2, 0) is 25.4 Å². The van der Waals surface area contributed by atoms with E-state index >= 15 is 0 Å². The van der Waals surface area contributed by atoms with E-state index in [1.165, 1.54) is 18.7 Å². The first-order valence-corrected chi connectivity index (χ1v) is 11.6. The number of carbonyl (C=O) groups is 1. The lowest BCUT2D eigenvalue weighted by atomic mass is 10.2. The summed E-state index contributed by atoms with van der Waals surface area (Å²) in [6.07, 6.45) is 1.60. The summed E-state index contributed by atoms with van der Waals surface area (Å²) < 4.78 is 9.05. The molecule has 1 aliphatic rings. The number of nitrogens with zero attached hydrogens (tertiary/aromatic N) is 4. The van der Waals surface area contributed by atoms with Gasteiger partial charge in [-0.2, -0.15) is 0 Å². The summed E-state index contributed by atoms with van der Waals surface area (Å²) in [5.74, 6) is -0.983. The number of hydrogen-bond acceptors (Lipinski definition) is 8. The molecule has 0 aliphatic carbocycles. The van der Waals surface area contributed by atoms with E-state index in [9.17, 15) is 19.2 Å². The summed E-state index contributed by atoms with van der Waals surface area (Å²) in [5.41, 5.74) is 4.37. The molecule has 0 amide bonds. The highest BCUT2D eigenvalue weighted by Crippen LogP contribution is 2.23. The SMILES string of the molecule is Cn1c(N)c(C(=O)CSc2nc3cc(Cl)ccc3c(=O)n2C[C@H]2CCCO2)c(=O)n(C)c1=O. The van der Waals surface area contributed by atoms with Crippen LogP contribution in [0.3, 0.4) is 0 Å². The van der Waals surface area contributed by atoms with E-state index < -0.39 is 17.0 Å². The van der Waals surface area contributed by atoms with Crippen molar-refractivity contribution in [3.63, 3.8) is 0 Å². The maximum absolute atomic E-state index is 13.2. The summed E-state index contributed by atoms with van der Waals surface area (Å²) in [6, 6.07) is 4.83. The number of anilines is 1. The molecule has 10 nitrogen and oxygen atoms in total. The summed E-state index contributed by atoms with van der Waals surface area (Å²) in [7, 11) is 2.66. The smallest absolute Gasteiger partial charge is 0.332 e. The second kappa shape index (κ2) is 9.16. The van der Waals surface area contributed by atoms with Gasteiger partial charge in [-0.3, -0.25) is 28.1 Å². The number of ether oxygens (including phenoxy) is 1. The standard InChI is InChI=1S/C21H22ClN5O5S/c1-25-17(23)16(19(30)26(2)21(25)31)15(28)10-33-20-24-14-8-11(22)5-6-13(14)18(29)27(20)9-12-4-3-7-32-12/h5-6,8,12H,3-4,7,9-10,23H2,1-2H3/t12-/m1/s1. The van der Waals surface area contributed by atoms with Crippen molar-refractivity contribution in [2.24, 2.45) is 14.1 Å². The fourth-order valence-corrected chi connectivity index (χ4v) is 4.81. The van der Waals surface area contributed by atoms with Gasteiger partial charge in [-0.15, -0.1) is 0 Å². The average Bonchev–Trinajstić information content (AvgIpc) is 3.30. The second-order valence-corrected chi connectivity index (χ2v) is 9.16. The van der Waals surface area contributed by atoms with Gasteiger partial charge in [0.2, 0.25) is 0 Å². The molecule has 2 aromatic heterocycles. The third-order valence-electron chi connectivity index (χ3n) is 5.61. The number of fused-ring (bicyclic) bond motifs is 1. The Labute approximate surface area is 196 Å². The molecule has 0 saturated carbocycles. The lowest BCUT2D eigenvalue weighted by Crippen LogP contribution is -2.41. The van der Waals surface area contributed by atoms with Crippen molar-refractivity contribution in [1.82, 2.24) is 18.7 Å². The van der Waals surface area contributed by atoms with E-state index in [0.717, 1.165) is 33.7 Å². The van der Waals surface area contributed by atoms with Crippen LogP contribution in [0.5, 0.6) is 0 Å². The summed E-state index contributed by atoms with van der Waals surface area (Å²) in [6.45, 7) is 0.928. The first-order chi connectivity index (χ1) is 15.7. The van der Waals surface area contributed by atoms with Gasteiger partial charge < -0.3 is 10.5 Å². The maximum Gasteiger partial charge on any atom is 0.332 e. The maximum atomic E-state index is 13.2. The van der Waals surface area contributed by atoms with Gasteiger partial charge in [0.1, 0.15) is 11.4 Å². The molecule has 12 heteroatoms. The molecular weight excluding hydrogens is 470 g/mol. The van der Waals surface area contributed by atoms with E-state index in [1.807, 2.05) is 0 Å². The molecule has 3 aromatic rings. The number of halogens is 1. The molecule has 1 aromatic carbocycles. The van der Waals surface area contributed by atoms with Crippen LogP contribution < -0.4 is 22.5 Å². The minimum Gasteiger partial charge on any atom is -0.384 e. The van der Waals surface area contributed by atoms with Crippen LogP contribution in [0.4, 0.5) is 5.82 Å². The molecular formula is C21H22ClN5O5S. The van der Waals surface area contributed by atoms with Crippen molar-refractivity contribution in [3.8, 4) is 0 Å². The van der Waals surface area contributed by atoms with Crippen molar-refractivity contribution in [1.29, 1.82) is 0 Å². The first-order valence-electron chi connectivity index (χ1n) is 10.2. The van der Waals surface area contributed by atoms with Crippen LogP contribution in [0.25, 0.3) is 10.9 Å². The number of carbonyl (C=O) groups excluding carboxylic acids is 1. The highest BCUT2D eigenvalue weighted by Gasteiger charge is 2.23. The molecule has 1 atom stereocenters. The number of nitrogens with two attached hydrogens (primary N) is 1. The third kappa shape index (κ3) is 4.35. The Kier molecular flexibility index (Phi) is 6.46. The van der Waals surface area contributed by atoms with Gasteiger partial charge in [0.15, 0.2) is 10.9 Å². The highest BCUT2D eigenvalue weighted by molar-refractivity contribution is 7.99. The molecule has 1 fully saturated rings. The predicted molar refractivity (Wildman–Crippen MR) is 126 cm³/mol. The zero-order chi connectivity index (χ0) is 23.9. The molecule has 1 aliphatic heterocycles. The Bertz CT molecular complexity index is 1440. The topological polar surface area (TPSA) is 131 Å². The van der Waals surface area contributed by atoms with Crippen molar-refractivity contribution in [2.75, 3.05) is 18.1 Å². The van der Waals surface area contributed by atoms with Gasteiger partial charge >= 0.3 is 5.69 Å². The third-order valence-corrected chi connectivity index (χ3v) is 6.83. The highest BCUT2D eigenvalue weighted by atomic mass is 35.5. The Morgan fingerprint density at radius 3 is 2.70 bits per heavy atom. The number of benzene rings is 1. The molecule has 174 valence electrons. The zero-order valence-electron chi connectivity index (χ0n) is 18.0. The minimum atomic E-state index is -0.767. The Balaban J connectivity index is 1.72. The first kappa shape index (κ1) is 23.3. The van der Waals surface area contributed by atoms with Crippen LogP contribution in [0, 0.1) is 0 Å². The lowest BCUT2D eigenvalue weighted by molar-refractivity contribution is 0.0937. The van der Waals surface area contributed by atoms with Crippen molar-refractivity contribution in [3.05, 3.63) is 60.0 Å². The molecule has 0 radical (unpaired) electrons. The Morgan fingerprint density at radius 1 is 1.24 bits per heavy atom. The summed E-state index contributed by atoms with van der Waals surface area (Å²) in [4.78, 5) is 55.3. The van der Waals surface area contributed by atoms with Crippen LogP contribution in [0.15, 0.2) is 37.7 Å². The number of Topliss-reactive ketones (excluding diaryl/α,β-unsaturated/α-hetero) is 1. The predicted octanol–water partition coefficient (Wildman–Crippen LogP) is 1.18. The van der Waals surface area contributed by atoms with Crippen LogP contribution in [-0.4, -0.2) is 42.9 Å². The lowest BCUT2D eigenvalue weighted by Gasteiger charge is -2.16. The largest absolute Gasteiger partial charge is 0.384 e. The van der Waals surface area contributed by atoms with Gasteiger partial charge in [-0.25, -0.2) is 9.78 Å². The van der Waals surface area contributed by atoms with E-state index in [0.29, 0.717) is 34.2 Å². The quantitative estimate of drug-likeness (QED) is 0.309. The minimum absolute atomic E-state index is 0.129. The number of rotatable bonds is 6. The van der Waals surface area contributed by atoms with Crippen LogP contribution >= 0.6 is 23.4 Å². The molecule has 2 N–H and O–H groups in total. The van der Waals surface area contributed by atoms with Crippen molar-refractivity contribution in [2.45, 2.75) is 30.6 Å². The molecule has 33 heavy (non-hydrogen) atoms. The van der Waals surface area contributed by atoms with Gasteiger partial charge in [0.25, 0.3) is 11.1 Å². The van der Waals surface area contributed by atoms with Crippen LogP contribution in [0.1, 0.15) is 23.2 Å². The van der Waals surface area contributed by atoms with Gasteiger partial charge in [0.05, 0.1) is 29.3 Å². The fraction of sp³-hybridized carbons (Fsp3) is 0.381. The van der Waals surface area contributed by atoms with E-state index in [4.69, 9.17) is 22.1 Å². The Hall–Kier alpha value is -2.89.